The fourth-order valence-electron chi connectivity index (χ4n) is 4.62. The molecule has 1 saturated carbocycles. The van der Waals surface area contributed by atoms with Gasteiger partial charge in [0.1, 0.15) is 5.75 Å². The van der Waals surface area contributed by atoms with Gasteiger partial charge in [0.05, 0.1) is 12.7 Å². The van der Waals surface area contributed by atoms with E-state index in [0.717, 1.165) is 64.0 Å². The number of ether oxygens (including phenoxy) is 3. The summed E-state index contributed by atoms with van der Waals surface area (Å²) in [5, 5.41) is 0. The van der Waals surface area contributed by atoms with E-state index in [0.29, 0.717) is 5.92 Å². The molecule has 1 atom stereocenters. The van der Waals surface area contributed by atoms with Crippen molar-refractivity contribution in [1.29, 1.82) is 0 Å². The zero-order valence-electron chi connectivity index (χ0n) is 16.1. The van der Waals surface area contributed by atoms with Gasteiger partial charge in [-0.3, -0.25) is 4.90 Å². The molecule has 2 aliphatic heterocycles. The molecule has 0 amide bonds. The van der Waals surface area contributed by atoms with Gasteiger partial charge in [-0.2, -0.15) is 0 Å². The molecule has 4 nitrogen and oxygen atoms in total. The van der Waals surface area contributed by atoms with Crippen LogP contribution in [0.25, 0.3) is 0 Å². The van der Waals surface area contributed by atoms with Gasteiger partial charge in [-0.25, -0.2) is 0 Å². The van der Waals surface area contributed by atoms with Crippen molar-refractivity contribution in [3.63, 3.8) is 0 Å². The van der Waals surface area contributed by atoms with Gasteiger partial charge < -0.3 is 14.2 Å². The molecule has 0 radical (unpaired) electrons. The molecule has 3 aliphatic rings. The van der Waals surface area contributed by atoms with Crippen LogP contribution in [0.3, 0.4) is 0 Å². The Kier molecular flexibility index (Phi) is 5.82. The largest absolute Gasteiger partial charge is 0.497 e. The molecule has 0 aromatic heterocycles. The molecule has 1 aliphatic carbocycles. The number of piperidine rings is 1. The van der Waals surface area contributed by atoms with E-state index in [-0.39, 0.29) is 5.60 Å². The molecule has 0 bridgehead atoms. The predicted octanol–water partition coefficient (Wildman–Crippen LogP) is 3.88. The van der Waals surface area contributed by atoms with Gasteiger partial charge in [0.2, 0.25) is 0 Å². The summed E-state index contributed by atoms with van der Waals surface area (Å²) in [7, 11) is 1.73. The zero-order valence-corrected chi connectivity index (χ0v) is 16.1. The van der Waals surface area contributed by atoms with E-state index >= 15 is 0 Å². The van der Waals surface area contributed by atoms with Crippen LogP contribution < -0.4 is 4.74 Å². The predicted molar refractivity (Wildman–Crippen MR) is 102 cm³/mol. The lowest BCUT2D eigenvalue weighted by molar-refractivity contribution is -0.0731. The first kappa shape index (κ1) is 18.3. The molecular formula is C22H33NO3. The summed E-state index contributed by atoms with van der Waals surface area (Å²) in [6.45, 7) is 6.08. The van der Waals surface area contributed by atoms with Crippen LogP contribution in [0, 0.1) is 11.8 Å². The molecule has 2 saturated heterocycles. The Hall–Kier alpha value is -1.10. The highest BCUT2D eigenvalue weighted by atomic mass is 16.5. The second-order valence-electron chi connectivity index (χ2n) is 8.33. The average molecular weight is 360 g/mol. The Morgan fingerprint density at radius 2 is 2.04 bits per heavy atom. The fourth-order valence-corrected chi connectivity index (χ4v) is 4.62. The number of benzene rings is 1. The number of nitrogens with zero attached hydrogens (tertiary/aromatic N) is 1. The topological polar surface area (TPSA) is 30.9 Å². The highest BCUT2D eigenvalue weighted by Crippen LogP contribution is 2.42. The molecule has 144 valence electrons. The van der Waals surface area contributed by atoms with Crippen LogP contribution in [0.5, 0.6) is 5.75 Å². The summed E-state index contributed by atoms with van der Waals surface area (Å²) in [6.07, 6.45) is 7.44. The first-order valence-electron chi connectivity index (χ1n) is 10.3. The van der Waals surface area contributed by atoms with Gasteiger partial charge >= 0.3 is 0 Å². The number of rotatable bonds is 8. The maximum atomic E-state index is 6.32. The number of hydrogen-bond acceptors (Lipinski definition) is 4. The third-order valence-electron chi connectivity index (χ3n) is 6.50. The van der Waals surface area contributed by atoms with E-state index in [9.17, 15) is 0 Å². The van der Waals surface area contributed by atoms with Gasteiger partial charge in [0.15, 0.2) is 0 Å². The van der Waals surface area contributed by atoms with Crippen molar-refractivity contribution in [1.82, 2.24) is 4.90 Å². The summed E-state index contributed by atoms with van der Waals surface area (Å²) in [6, 6.07) is 8.43. The normalized spacial score (nSPS) is 25.7. The smallest absolute Gasteiger partial charge is 0.119 e. The van der Waals surface area contributed by atoms with Crippen LogP contribution in [0.4, 0.5) is 0 Å². The van der Waals surface area contributed by atoms with Gasteiger partial charge in [-0.1, -0.05) is 12.1 Å². The lowest BCUT2D eigenvalue weighted by atomic mass is 9.78. The molecular weight excluding hydrogens is 326 g/mol. The first-order valence-corrected chi connectivity index (χ1v) is 10.3. The average Bonchev–Trinajstić information content (AvgIpc) is 3.42. The van der Waals surface area contributed by atoms with Crippen molar-refractivity contribution in [3.8, 4) is 5.75 Å². The summed E-state index contributed by atoms with van der Waals surface area (Å²) in [4.78, 5) is 2.56. The van der Waals surface area contributed by atoms with Crippen molar-refractivity contribution < 1.29 is 14.2 Å². The number of hydrogen-bond donors (Lipinski definition) is 0. The highest BCUT2D eigenvalue weighted by Gasteiger charge is 2.45. The molecule has 1 aromatic rings. The second kappa shape index (κ2) is 8.28. The molecule has 26 heavy (non-hydrogen) atoms. The van der Waals surface area contributed by atoms with E-state index < -0.39 is 0 Å². The SMILES string of the molecule is COc1cccc(CN2CCC3(CC2)OCC[C@H]3CCOCC2CC2)c1. The maximum Gasteiger partial charge on any atom is 0.119 e. The fraction of sp³-hybridized carbons (Fsp3) is 0.727. The number of methoxy groups -OCH3 is 1. The Morgan fingerprint density at radius 3 is 2.81 bits per heavy atom. The van der Waals surface area contributed by atoms with Gasteiger partial charge in [0.25, 0.3) is 0 Å². The Bertz CT molecular complexity index is 579. The van der Waals surface area contributed by atoms with Crippen LogP contribution >= 0.6 is 0 Å². The van der Waals surface area contributed by atoms with Crippen LogP contribution in [-0.2, 0) is 16.0 Å². The van der Waals surface area contributed by atoms with E-state index in [1.54, 1.807) is 7.11 Å². The molecule has 3 fully saturated rings. The Labute approximate surface area is 157 Å². The second-order valence-corrected chi connectivity index (χ2v) is 8.33. The third kappa shape index (κ3) is 4.41. The van der Waals surface area contributed by atoms with Crippen LogP contribution in [-0.4, -0.2) is 50.5 Å². The van der Waals surface area contributed by atoms with Crippen molar-refractivity contribution in [2.24, 2.45) is 11.8 Å². The lowest BCUT2D eigenvalue weighted by Crippen LogP contribution is -2.47. The summed E-state index contributed by atoms with van der Waals surface area (Å²) in [5.41, 5.74) is 1.45. The zero-order chi connectivity index (χ0) is 17.8. The summed E-state index contributed by atoms with van der Waals surface area (Å²) < 4.78 is 17.6. The van der Waals surface area contributed by atoms with E-state index in [4.69, 9.17) is 14.2 Å². The van der Waals surface area contributed by atoms with Crippen molar-refractivity contribution in [2.75, 3.05) is 40.0 Å². The Balaban J connectivity index is 1.25. The van der Waals surface area contributed by atoms with Gasteiger partial charge in [0, 0.05) is 39.5 Å². The standard InChI is InChI=1S/C22H33NO3/c1-24-21-4-2-3-19(15-21)16-23-11-9-22(10-12-23)20(8-14-26-22)7-13-25-17-18-5-6-18/h2-4,15,18,20H,5-14,16-17H2,1H3/t20-/m1/s1. The molecule has 0 N–H and O–H groups in total. The number of likely N-dealkylation sites (tertiary alicyclic amines) is 1. The minimum Gasteiger partial charge on any atom is -0.497 e. The van der Waals surface area contributed by atoms with E-state index in [1.165, 1.54) is 31.2 Å². The van der Waals surface area contributed by atoms with Crippen LogP contribution in [0.1, 0.15) is 44.1 Å². The molecule has 4 heteroatoms. The monoisotopic (exact) mass is 359 g/mol. The molecule has 1 aromatic carbocycles. The van der Waals surface area contributed by atoms with Gasteiger partial charge in [-0.05, 0) is 68.1 Å². The Morgan fingerprint density at radius 1 is 1.19 bits per heavy atom. The minimum absolute atomic E-state index is 0.119. The van der Waals surface area contributed by atoms with E-state index in [2.05, 4.69) is 23.1 Å². The summed E-state index contributed by atoms with van der Waals surface area (Å²) in [5.74, 6) is 2.49. The minimum atomic E-state index is 0.119. The lowest BCUT2D eigenvalue weighted by Gasteiger charge is -2.42. The maximum absolute atomic E-state index is 6.32. The summed E-state index contributed by atoms with van der Waals surface area (Å²) >= 11 is 0. The van der Waals surface area contributed by atoms with Gasteiger partial charge in [-0.15, -0.1) is 0 Å². The van der Waals surface area contributed by atoms with Crippen molar-refractivity contribution >= 4 is 0 Å². The molecule has 2 heterocycles. The van der Waals surface area contributed by atoms with Crippen molar-refractivity contribution in [3.05, 3.63) is 29.8 Å². The van der Waals surface area contributed by atoms with Crippen LogP contribution in [0.2, 0.25) is 0 Å². The molecule has 1 spiro atoms. The van der Waals surface area contributed by atoms with E-state index in [1.807, 2.05) is 6.07 Å². The first-order chi connectivity index (χ1) is 12.8. The molecule has 4 rings (SSSR count). The quantitative estimate of drug-likeness (QED) is 0.659. The van der Waals surface area contributed by atoms with Crippen LogP contribution in [0.15, 0.2) is 24.3 Å². The third-order valence-corrected chi connectivity index (χ3v) is 6.50. The van der Waals surface area contributed by atoms with Crippen molar-refractivity contribution in [2.45, 2.75) is 50.7 Å². The molecule has 0 unspecified atom stereocenters. The highest BCUT2D eigenvalue weighted by molar-refractivity contribution is 5.28.